The Kier molecular flexibility index (Phi) is 3.71. The van der Waals surface area contributed by atoms with Crippen molar-refractivity contribution in [2.75, 3.05) is 7.05 Å². The van der Waals surface area contributed by atoms with Gasteiger partial charge in [-0.05, 0) is 44.2 Å². The average Bonchev–Trinajstić information content (AvgIpc) is 2.76. The van der Waals surface area contributed by atoms with E-state index in [0.29, 0.717) is 10.9 Å². The Labute approximate surface area is 118 Å². The van der Waals surface area contributed by atoms with E-state index in [2.05, 4.69) is 22.6 Å². The van der Waals surface area contributed by atoms with E-state index in [1.54, 1.807) is 0 Å². The summed E-state index contributed by atoms with van der Waals surface area (Å²) in [7, 11) is 2.19. The summed E-state index contributed by atoms with van der Waals surface area (Å²) < 4.78 is 7.73. The van der Waals surface area contributed by atoms with Crippen LogP contribution in [0.4, 0.5) is 0 Å². The third-order valence-electron chi connectivity index (χ3n) is 4.14. The summed E-state index contributed by atoms with van der Waals surface area (Å²) in [4.78, 5) is 2.99. The van der Waals surface area contributed by atoms with Crippen LogP contribution in [-0.4, -0.2) is 22.6 Å². The summed E-state index contributed by atoms with van der Waals surface area (Å²) in [6.07, 6.45) is 6.71. The number of nitrogens with zero attached hydrogens (tertiary/aromatic N) is 2. The van der Waals surface area contributed by atoms with E-state index in [0.717, 1.165) is 17.8 Å². The van der Waals surface area contributed by atoms with Crippen molar-refractivity contribution in [1.82, 2.24) is 9.47 Å². The van der Waals surface area contributed by atoms with Gasteiger partial charge in [0.15, 0.2) is 5.58 Å². The van der Waals surface area contributed by atoms with Crippen LogP contribution < -0.4 is 0 Å². The number of oxazole rings is 1. The Morgan fingerprint density at radius 2 is 2.00 bits per heavy atom. The van der Waals surface area contributed by atoms with Crippen LogP contribution in [0.25, 0.3) is 11.1 Å². The molecule has 0 amide bonds. The standard InChI is InChI=1S/C15H20N2OS/c1-16(12-7-3-2-4-8-12)11-17-13-9-5-6-10-14(13)18-15(17)19/h5-6,9-10,12H,2-4,7-8,11H2,1H3. The minimum absolute atomic E-state index is 0.573. The summed E-state index contributed by atoms with van der Waals surface area (Å²) >= 11 is 5.34. The molecule has 0 atom stereocenters. The van der Waals surface area contributed by atoms with Crippen molar-refractivity contribution < 1.29 is 4.42 Å². The first-order valence-corrected chi connectivity index (χ1v) is 7.45. The number of fused-ring (bicyclic) bond motifs is 1. The van der Waals surface area contributed by atoms with Gasteiger partial charge in [0, 0.05) is 6.04 Å². The minimum Gasteiger partial charge on any atom is -0.429 e. The number of hydrogen-bond acceptors (Lipinski definition) is 3. The van der Waals surface area contributed by atoms with Crippen LogP contribution in [0.3, 0.4) is 0 Å². The highest BCUT2D eigenvalue weighted by molar-refractivity contribution is 7.71. The molecule has 3 rings (SSSR count). The molecule has 1 aromatic carbocycles. The normalized spacial score (nSPS) is 17.4. The summed E-state index contributed by atoms with van der Waals surface area (Å²) in [5, 5.41) is 0. The lowest BCUT2D eigenvalue weighted by atomic mass is 9.95. The van der Waals surface area contributed by atoms with Gasteiger partial charge < -0.3 is 4.42 Å². The molecule has 0 aliphatic heterocycles. The van der Waals surface area contributed by atoms with Gasteiger partial charge in [-0.15, -0.1) is 0 Å². The average molecular weight is 276 g/mol. The Bertz CT molecular complexity index is 610. The highest BCUT2D eigenvalue weighted by Gasteiger charge is 2.19. The summed E-state index contributed by atoms with van der Waals surface area (Å²) in [6.45, 7) is 0.820. The van der Waals surface area contributed by atoms with E-state index in [4.69, 9.17) is 16.6 Å². The number of rotatable bonds is 3. The second-order valence-electron chi connectivity index (χ2n) is 5.45. The SMILES string of the molecule is CN(Cn1c(=S)oc2ccccc21)C1CCCCC1. The topological polar surface area (TPSA) is 21.3 Å². The monoisotopic (exact) mass is 276 g/mol. The summed E-state index contributed by atoms with van der Waals surface area (Å²) in [5.74, 6) is 0. The predicted molar refractivity (Wildman–Crippen MR) is 79.7 cm³/mol. The third kappa shape index (κ3) is 2.60. The second kappa shape index (κ2) is 5.47. The number of benzene rings is 1. The van der Waals surface area contributed by atoms with Gasteiger partial charge in [0.05, 0.1) is 12.2 Å². The first kappa shape index (κ1) is 12.9. The van der Waals surface area contributed by atoms with E-state index in [1.165, 1.54) is 32.1 Å². The van der Waals surface area contributed by atoms with Crippen LogP contribution in [0.5, 0.6) is 0 Å². The molecule has 1 aliphatic rings. The third-order valence-corrected chi connectivity index (χ3v) is 4.44. The van der Waals surface area contributed by atoms with Crippen molar-refractivity contribution in [2.24, 2.45) is 0 Å². The molecular weight excluding hydrogens is 256 g/mol. The maximum atomic E-state index is 5.64. The fourth-order valence-electron chi connectivity index (χ4n) is 3.01. The first-order valence-electron chi connectivity index (χ1n) is 7.04. The van der Waals surface area contributed by atoms with E-state index < -0.39 is 0 Å². The molecule has 19 heavy (non-hydrogen) atoms. The maximum absolute atomic E-state index is 5.64. The van der Waals surface area contributed by atoms with Crippen molar-refractivity contribution >= 4 is 23.3 Å². The Morgan fingerprint density at radius 3 is 2.79 bits per heavy atom. The quantitative estimate of drug-likeness (QED) is 0.785. The molecule has 0 N–H and O–H groups in total. The Hall–Kier alpha value is -1.13. The molecule has 102 valence electrons. The van der Waals surface area contributed by atoms with Gasteiger partial charge in [-0.1, -0.05) is 31.4 Å². The minimum atomic E-state index is 0.573. The second-order valence-corrected chi connectivity index (χ2v) is 5.80. The van der Waals surface area contributed by atoms with Crippen molar-refractivity contribution in [3.8, 4) is 0 Å². The Balaban J connectivity index is 1.84. The lowest BCUT2D eigenvalue weighted by Gasteiger charge is -2.31. The van der Waals surface area contributed by atoms with Crippen LogP contribution >= 0.6 is 12.2 Å². The van der Waals surface area contributed by atoms with Gasteiger partial charge >= 0.3 is 0 Å². The molecule has 0 spiro atoms. The van der Waals surface area contributed by atoms with Crippen molar-refractivity contribution in [3.05, 3.63) is 29.1 Å². The zero-order chi connectivity index (χ0) is 13.2. The van der Waals surface area contributed by atoms with E-state index in [1.807, 2.05) is 18.2 Å². The van der Waals surface area contributed by atoms with Gasteiger partial charge in [0.1, 0.15) is 0 Å². The highest BCUT2D eigenvalue weighted by Crippen LogP contribution is 2.23. The van der Waals surface area contributed by atoms with Crippen molar-refractivity contribution in [2.45, 2.75) is 44.8 Å². The molecule has 0 unspecified atom stereocenters. The molecule has 0 saturated heterocycles. The molecule has 0 bridgehead atoms. The zero-order valence-corrected chi connectivity index (χ0v) is 12.2. The predicted octanol–water partition coefficient (Wildman–Crippen LogP) is 4.19. The molecule has 0 radical (unpaired) electrons. The number of aromatic nitrogens is 1. The maximum Gasteiger partial charge on any atom is 0.270 e. The molecule has 1 saturated carbocycles. The van der Waals surface area contributed by atoms with Gasteiger partial charge in [-0.3, -0.25) is 9.47 Å². The van der Waals surface area contributed by atoms with Gasteiger partial charge in [0.25, 0.3) is 4.84 Å². The van der Waals surface area contributed by atoms with Gasteiger partial charge in [0.2, 0.25) is 0 Å². The van der Waals surface area contributed by atoms with Gasteiger partial charge in [-0.2, -0.15) is 0 Å². The molecular formula is C15H20N2OS. The Morgan fingerprint density at radius 1 is 1.26 bits per heavy atom. The largest absolute Gasteiger partial charge is 0.429 e. The molecule has 2 aromatic rings. The van der Waals surface area contributed by atoms with E-state index in [-0.39, 0.29) is 0 Å². The first-order chi connectivity index (χ1) is 9.25. The summed E-state index contributed by atoms with van der Waals surface area (Å²) in [5.41, 5.74) is 1.97. The molecule has 1 aliphatic carbocycles. The molecule has 4 heteroatoms. The van der Waals surface area contributed by atoms with Crippen LogP contribution in [0.2, 0.25) is 0 Å². The molecule has 3 nitrogen and oxygen atoms in total. The molecule has 1 heterocycles. The van der Waals surface area contributed by atoms with Crippen LogP contribution in [0.1, 0.15) is 32.1 Å². The van der Waals surface area contributed by atoms with E-state index in [9.17, 15) is 0 Å². The van der Waals surface area contributed by atoms with Gasteiger partial charge in [-0.25, -0.2) is 0 Å². The van der Waals surface area contributed by atoms with Crippen LogP contribution in [-0.2, 0) is 6.67 Å². The molecule has 1 fully saturated rings. The zero-order valence-electron chi connectivity index (χ0n) is 11.3. The lowest BCUT2D eigenvalue weighted by Crippen LogP contribution is -2.34. The van der Waals surface area contributed by atoms with Crippen LogP contribution in [0, 0.1) is 4.84 Å². The summed E-state index contributed by atoms with van der Waals surface area (Å²) in [6, 6.07) is 8.75. The van der Waals surface area contributed by atoms with Crippen LogP contribution in [0.15, 0.2) is 28.7 Å². The smallest absolute Gasteiger partial charge is 0.270 e. The fourth-order valence-corrected chi connectivity index (χ4v) is 3.25. The fraction of sp³-hybridized carbons (Fsp3) is 0.533. The van der Waals surface area contributed by atoms with Crippen molar-refractivity contribution in [3.63, 3.8) is 0 Å². The van der Waals surface area contributed by atoms with E-state index >= 15 is 0 Å². The molecule has 1 aromatic heterocycles. The number of para-hydroxylation sites is 2. The van der Waals surface area contributed by atoms with Crippen molar-refractivity contribution in [1.29, 1.82) is 0 Å². The number of hydrogen-bond donors (Lipinski definition) is 0. The lowest BCUT2D eigenvalue weighted by molar-refractivity contribution is 0.153. The highest BCUT2D eigenvalue weighted by atomic mass is 32.1.